The zero-order chi connectivity index (χ0) is 7.40. The largest absolute Gasteiger partial charge is 0.202 e. The van der Waals surface area contributed by atoms with Crippen molar-refractivity contribution in [3.8, 4) is 0 Å². The van der Waals surface area contributed by atoms with E-state index in [1.165, 1.54) is 5.69 Å². The molecule has 0 saturated heterocycles. The van der Waals surface area contributed by atoms with Crippen molar-refractivity contribution < 1.29 is 4.57 Å². The lowest BCUT2D eigenvalue weighted by molar-refractivity contribution is -0.698. The highest BCUT2D eigenvalue weighted by Crippen LogP contribution is 1.88. The molecule has 0 radical (unpaired) electrons. The first-order chi connectivity index (χ1) is 4.84. The standard InChI is InChI=1S/C8H11BrN/c1-8-4-2-3-6-10(8)7-5-9/h2-4,6H,5,7H2,1H3/q+1. The fourth-order valence-corrected chi connectivity index (χ4v) is 1.29. The van der Waals surface area contributed by atoms with Crippen LogP contribution in [-0.2, 0) is 6.54 Å². The third-order valence-electron chi connectivity index (χ3n) is 1.49. The number of aromatic nitrogens is 1. The maximum atomic E-state index is 3.40. The van der Waals surface area contributed by atoms with Crippen LogP contribution in [0.3, 0.4) is 0 Å². The van der Waals surface area contributed by atoms with E-state index in [1.807, 2.05) is 0 Å². The Labute approximate surface area is 69.8 Å². The summed E-state index contributed by atoms with van der Waals surface area (Å²) in [5.41, 5.74) is 1.31. The van der Waals surface area contributed by atoms with Gasteiger partial charge in [-0.3, -0.25) is 0 Å². The Hall–Kier alpha value is -0.370. The number of aryl methyl sites for hydroxylation is 2. The van der Waals surface area contributed by atoms with Crippen LogP contribution in [0.25, 0.3) is 0 Å². The van der Waals surface area contributed by atoms with E-state index in [0.717, 1.165) is 11.9 Å². The van der Waals surface area contributed by atoms with Crippen LogP contribution in [0.2, 0.25) is 0 Å². The maximum Gasteiger partial charge on any atom is 0.178 e. The summed E-state index contributed by atoms with van der Waals surface area (Å²) in [6.45, 7) is 3.16. The fraction of sp³-hybridized carbons (Fsp3) is 0.375. The van der Waals surface area contributed by atoms with Gasteiger partial charge < -0.3 is 0 Å². The first kappa shape index (κ1) is 7.73. The van der Waals surface area contributed by atoms with Gasteiger partial charge in [-0.25, -0.2) is 4.57 Å². The first-order valence-corrected chi connectivity index (χ1v) is 4.48. The summed E-state index contributed by atoms with van der Waals surface area (Å²) in [5.74, 6) is 0. The molecule has 0 aromatic carbocycles. The monoisotopic (exact) mass is 200 g/mol. The second kappa shape index (κ2) is 3.71. The molecule has 0 spiro atoms. The van der Waals surface area contributed by atoms with Crippen molar-refractivity contribution in [2.45, 2.75) is 13.5 Å². The van der Waals surface area contributed by atoms with Crippen LogP contribution < -0.4 is 4.57 Å². The highest BCUT2D eigenvalue weighted by molar-refractivity contribution is 9.09. The molecule has 1 nitrogen and oxygen atoms in total. The molecule has 1 heterocycles. The Balaban J connectivity index is 2.81. The number of halogens is 1. The molecule has 0 aliphatic rings. The van der Waals surface area contributed by atoms with Gasteiger partial charge in [0.05, 0.1) is 5.33 Å². The molecule has 0 saturated carbocycles. The zero-order valence-corrected chi connectivity index (χ0v) is 7.63. The number of alkyl halides is 1. The summed E-state index contributed by atoms with van der Waals surface area (Å²) < 4.78 is 2.22. The number of hydrogen-bond donors (Lipinski definition) is 0. The molecule has 0 bridgehead atoms. The normalized spacial score (nSPS) is 9.80. The lowest BCUT2D eigenvalue weighted by Gasteiger charge is -1.94. The first-order valence-electron chi connectivity index (χ1n) is 3.35. The number of rotatable bonds is 2. The molecule has 0 unspecified atom stereocenters. The molecule has 54 valence electrons. The molecular formula is C8H11BrN+. The second-order valence-electron chi connectivity index (χ2n) is 2.22. The van der Waals surface area contributed by atoms with E-state index >= 15 is 0 Å². The van der Waals surface area contributed by atoms with Crippen LogP contribution in [0.5, 0.6) is 0 Å². The van der Waals surface area contributed by atoms with Crippen molar-refractivity contribution in [2.75, 3.05) is 5.33 Å². The van der Waals surface area contributed by atoms with Gasteiger partial charge in [-0.1, -0.05) is 22.0 Å². The Kier molecular flexibility index (Phi) is 2.87. The van der Waals surface area contributed by atoms with Gasteiger partial charge in [0.15, 0.2) is 18.4 Å². The highest BCUT2D eigenvalue weighted by Gasteiger charge is 2.00. The topological polar surface area (TPSA) is 3.88 Å². The van der Waals surface area contributed by atoms with E-state index in [-0.39, 0.29) is 0 Å². The minimum atomic E-state index is 1.02. The van der Waals surface area contributed by atoms with Crippen molar-refractivity contribution >= 4 is 15.9 Å². The summed E-state index contributed by atoms with van der Waals surface area (Å²) in [6.07, 6.45) is 2.09. The molecule has 10 heavy (non-hydrogen) atoms. The van der Waals surface area contributed by atoms with Gasteiger partial charge in [0, 0.05) is 19.1 Å². The van der Waals surface area contributed by atoms with E-state index < -0.39 is 0 Å². The van der Waals surface area contributed by atoms with Gasteiger partial charge in [-0.05, 0) is 0 Å². The Morgan fingerprint density at radius 1 is 1.50 bits per heavy atom. The number of nitrogens with zero attached hydrogens (tertiary/aromatic N) is 1. The predicted octanol–water partition coefficient (Wildman–Crippen LogP) is 1.68. The van der Waals surface area contributed by atoms with Crippen LogP contribution in [0, 0.1) is 6.92 Å². The highest BCUT2D eigenvalue weighted by atomic mass is 79.9. The smallest absolute Gasteiger partial charge is 0.178 e. The summed E-state index contributed by atoms with van der Waals surface area (Å²) in [5, 5.41) is 1.02. The molecular weight excluding hydrogens is 190 g/mol. The van der Waals surface area contributed by atoms with Crippen LogP contribution >= 0.6 is 15.9 Å². The van der Waals surface area contributed by atoms with Crippen LogP contribution in [0.1, 0.15) is 5.69 Å². The minimum Gasteiger partial charge on any atom is -0.202 e. The van der Waals surface area contributed by atoms with Crippen molar-refractivity contribution in [3.05, 3.63) is 30.1 Å². The van der Waals surface area contributed by atoms with Crippen LogP contribution in [-0.4, -0.2) is 5.33 Å². The molecule has 0 aliphatic heterocycles. The summed E-state index contributed by atoms with van der Waals surface area (Å²) in [7, 11) is 0. The van der Waals surface area contributed by atoms with Crippen molar-refractivity contribution in [3.63, 3.8) is 0 Å². The van der Waals surface area contributed by atoms with Gasteiger partial charge in [0.2, 0.25) is 0 Å². The molecule has 1 rings (SSSR count). The van der Waals surface area contributed by atoms with Crippen molar-refractivity contribution in [2.24, 2.45) is 0 Å². The lowest BCUT2D eigenvalue weighted by Crippen LogP contribution is -2.36. The van der Waals surface area contributed by atoms with E-state index in [0.29, 0.717) is 0 Å². The molecule has 0 atom stereocenters. The molecule has 0 fully saturated rings. The van der Waals surface area contributed by atoms with E-state index in [1.54, 1.807) is 0 Å². The fourth-order valence-electron chi connectivity index (χ4n) is 0.904. The Bertz CT molecular complexity index is 210. The van der Waals surface area contributed by atoms with Gasteiger partial charge in [0.25, 0.3) is 0 Å². The van der Waals surface area contributed by atoms with Gasteiger partial charge in [-0.15, -0.1) is 0 Å². The van der Waals surface area contributed by atoms with E-state index in [9.17, 15) is 0 Å². The summed E-state index contributed by atoms with van der Waals surface area (Å²) >= 11 is 3.40. The molecule has 2 heteroatoms. The van der Waals surface area contributed by atoms with E-state index in [4.69, 9.17) is 0 Å². The Morgan fingerprint density at radius 2 is 2.30 bits per heavy atom. The minimum absolute atomic E-state index is 1.02. The quantitative estimate of drug-likeness (QED) is 0.506. The predicted molar refractivity (Wildman–Crippen MR) is 45.2 cm³/mol. The van der Waals surface area contributed by atoms with Gasteiger partial charge >= 0.3 is 0 Å². The second-order valence-corrected chi connectivity index (χ2v) is 3.02. The van der Waals surface area contributed by atoms with Crippen molar-refractivity contribution in [1.82, 2.24) is 0 Å². The molecule has 1 aromatic heterocycles. The van der Waals surface area contributed by atoms with Crippen LogP contribution in [0.4, 0.5) is 0 Å². The van der Waals surface area contributed by atoms with Crippen molar-refractivity contribution in [1.29, 1.82) is 0 Å². The molecule has 1 aromatic rings. The number of pyridine rings is 1. The molecule has 0 N–H and O–H groups in total. The maximum absolute atomic E-state index is 3.40. The molecule has 0 aliphatic carbocycles. The summed E-state index contributed by atoms with van der Waals surface area (Å²) in [4.78, 5) is 0. The average molecular weight is 201 g/mol. The molecule has 0 amide bonds. The zero-order valence-electron chi connectivity index (χ0n) is 6.05. The summed E-state index contributed by atoms with van der Waals surface area (Å²) in [6, 6.07) is 6.22. The third kappa shape index (κ3) is 1.81. The number of hydrogen-bond acceptors (Lipinski definition) is 0. The third-order valence-corrected chi connectivity index (χ3v) is 1.85. The van der Waals surface area contributed by atoms with Gasteiger partial charge in [0.1, 0.15) is 0 Å². The lowest BCUT2D eigenvalue weighted by atomic mass is 10.3. The van der Waals surface area contributed by atoms with Crippen LogP contribution in [0.15, 0.2) is 24.4 Å². The van der Waals surface area contributed by atoms with E-state index in [2.05, 4.69) is 51.8 Å². The Morgan fingerprint density at radius 3 is 2.90 bits per heavy atom. The average Bonchev–Trinajstić information content (AvgIpc) is 1.94. The SMILES string of the molecule is Cc1cccc[n+]1CCBr. The van der Waals surface area contributed by atoms with Gasteiger partial charge in [-0.2, -0.15) is 0 Å².